The first-order valence-corrected chi connectivity index (χ1v) is 11.1. The third kappa shape index (κ3) is 8.27. The number of nitrogens with zero attached hydrogens (tertiary/aromatic N) is 2. The van der Waals surface area contributed by atoms with E-state index in [2.05, 4.69) is 15.6 Å². The molecule has 0 atom stereocenters. The first-order valence-electron chi connectivity index (χ1n) is 10.3. The molecule has 1 aromatic heterocycles. The summed E-state index contributed by atoms with van der Waals surface area (Å²) in [4.78, 5) is 43.2. The molecule has 9 nitrogen and oxygen atoms in total. The monoisotopic (exact) mass is 462 g/mol. The summed E-state index contributed by atoms with van der Waals surface area (Å²) in [6.07, 6.45) is 0.117. The Morgan fingerprint density at radius 2 is 1.84 bits per heavy atom. The van der Waals surface area contributed by atoms with Crippen molar-refractivity contribution in [3.05, 3.63) is 40.9 Å². The van der Waals surface area contributed by atoms with Crippen LogP contribution in [0.4, 0.5) is 5.13 Å². The van der Waals surface area contributed by atoms with Crippen molar-refractivity contribution in [1.29, 1.82) is 0 Å². The Balaban J connectivity index is 1.96. The van der Waals surface area contributed by atoms with Crippen LogP contribution >= 0.6 is 11.3 Å². The molecule has 3 amide bonds. The van der Waals surface area contributed by atoms with Crippen molar-refractivity contribution in [2.24, 2.45) is 5.92 Å². The number of anilines is 1. The fourth-order valence-electron chi connectivity index (χ4n) is 2.87. The summed E-state index contributed by atoms with van der Waals surface area (Å²) in [6.45, 7) is 5.16. The van der Waals surface area contributed by atoms with Gasteiger partial charge in [0.2, 0.25) is 11.8 Å². The highest BCUT2D eigenvalue weighted by Crippen LogP contribution is 2.17. The number of ether oxygens (including phenoxy) is 2. The maximum Gasteiger partial charge on any atom is 0.254 e. The van der Waals surface area contributed by atoms with Crippen molar-refractivity contribution in [3.63, 3.8) is 0 Å². The van der Waals surface area contributed by atoms with Crippen molar-refractivity contribution < 1.29 is 23.9 Å². The smallest absolute Gasteiger partial charge is 0.254 e. The Hall–Kier alpha value is -2.98. The van der Waals surface area contributed by atoms with Gasteiger partial charge in [-0.15, -0.1) is 11.3 Å². The fourth-order valence-corrected chi connectivity index (χ4v) is 3.60. The lowest BCUT2D eigenvalue weighted by Crippen LogP contribution is -2.40. The predicted octanol–water partition coefficient (Wildman–Crippen LogP) is 2.19. The zero-order valence-electron chi connectivity index (χ0n) is 18.8. The number of hydrogen-bond acceptors (Lipinski definition) is 7. The van der Waals surface area contributed by atoms with E-state index in [1.54, 1.807) is 43.9 Å². The van der Waals surface area contributed by atoms with Crippen LogP contribution in [0.2, 0.25) is 0 Å². The van der Waals surface area contributed by atoms with Gasteiger partial charge in [-0.1, -0.05) is 13.8 Å². The summed E-state index contributed by atoms with van der Waals surface area (Å²) in [7, 11) is 3.12. The van der Waals surface area contributed by atoms with Crippen molar-refractivity contribution >= 4 is 34.2 Å². The molecule has 0 saturated carbocycles. The minimum atomic E-state index is -0.349. The fraction of sp³-hybridized carbons (Fsp3) is 0.455. The number of carbonyl (C=O) groups excluding carboxylic acids is 3. The average Bonchev–Trinajstić information content (AvgIpc) is 3.19. The van der Waals surface area contributed by atoms with Gasteiger partial charge in [-0.05, 0) is 30.2 Å². The van der Waals surface area contributed by atoms with Crippen LogP contribution in [0.1, 0.15) is 29.9 Å². The molecule has 0 fully saturated rings. The minimum absolute atomic E-state index is 0.102. The van der Waals surface area contributed by atoms with Gasteiger partial charge in [-0.25, -0.2) is 4.98 Å². The van der Waals surface area contributed by atoms with Gasteiger partial charge in [0.25, 0.3) is 5.91 Å². The van der Waals surface area contributed by atoms with Crippen LogP contribution in [0.25, 0.3) is 0 Å². The molecule has 174 valence electrons. The number of carbonyl (C=O) groups is 3. The van der Waals surface area contributed by atoms with Gasteiger partial charge < -0.3 is 25.0 Å². The van der Waals surface area contributed by atoms with E-state index in [4.69, 9.17) is 9.47 Å². The van der Waals surface area contributed by atoms with Crippen LogP contribution in [0, 0.1) is 5.92 Å². The number of nitrogens with one attached hydrogen (secondary N) is 2. The number of rotatable bonds is 12. The lowest BCUT2D eigenvalue weighted by Gasteiger charge is -2.24. The highest BCUT2D eigenvalue weighted by atomic mass is 32.1. The van der Waals surface area contributed by atoms with Gasteiger partial charge in [0.15, 0.2) is 5.13 Å². The molecule has 1 aromatic carbocycles. The van der Waals surface area contributed by atoms with Crippen molar-refractivity contribution in [2.45, 2.75) is 20.3 Å². The Morgan fingerprint density at radius 1 is 1.12 bits per heavy atom. The van der Waals surface area contributed by atoms with Crippen molar-refractivity contribution in [1.82, 2.24) is 15.2 Å². The molecular formula is C22H30N4O5S. The molecule has 0 radical (unpaired) electrons. The van der Waals surface area contributed by atoms with E-state index < -0.39 is 0 Å². The molecule has 2 aromatic rings. The number of amides is 3. The molecule has 2 N–H and O–H groups in total. The van der Waals surface area contributed by atoms with Gasteiger partial charge >= 0.3 is 0 Å². The first kappa shape index (κ1) is 25.3. The van der Waals surface area contributed by atoms with E-state index >= 15 is 0 Å². The number of thiazole rings is 1. The second-order valence-electron chi connectivity index (χ2n) is 7.52. The number of methoxy groups -OCH3 is 2. The zero-order chi connectivity index (χ0) is 23.5. The third-order valence-electron chi connectivity index (χ3n) is 4.31. The van der Waals surface area contributed by atoms with Crippen molar-refractivity contribution in [3.8, 4) is 5.75 Å². The third-order valence-corrected chi connectivity index (χ3v) is 5.12. The first-order chi connectivity index (χ1) is 15.3. The lowest BCUT2D eigenvalue weighted by molar-refractivity contribution is -0.120. The van der Waals surface area contributed by atoms with Crippen LogP contribution < -0.4 is 15.4 Å². The molecule has 0 aliphatic rings. The van der Waals surface area contributed by atoms with Gasteiger partial charge in [0, 0.05) is 31.1 Å². The van der Waals surface area contributed by atoms with Crippen LogP contribution in [0.3, 0.4) is 0 Å². The summed E-state index contributed by atoms with van der Waals surface area (Å²) in [6, 6.07) is 6.78. The van der Waals surface area contributed by atoms with Crippen LogP contribution in [-0.4, -0.2) is 68.1 Å². The molecular weight excluding hydrogens is 432 g/mol. The lowest BCUT2D eigenvalue weighted by atomic mass is 10.1. The molecule has 0 unspecified atom stereocenters. The van der Waals surface area contributed by atoms with E-state index in [0.29, 0.717) is 41.8 Å². The van der Waals surface area contributed by atoms with Gasteiger partial charge in [-0.3, -0.25) is 14.4 Å². The Labute approximate surface area is 192 Å². The number of hydrogen-bond donors (Lipinski definition) is 2. The molecule has 0 saturated heterocycles. The molecule has 0 bridgehead atoms. The maximum absolute atomic E-state index is 12.9. The second kappa shape index (κ2) is 12.8. The zero-order valence-corrected chi connectivity index (χ0v) is 19.7. The quantitative estimate of drug-likeness (QED) is 0.468. The molecule has 2 rings (SSSR count). The molecule has 10 heteroatoms. The Morgan fingerprint density at radius 3 is 2.47 bits per heavy atom. The van der Waals surface area contributed by atoms with Gasteiger partial charge in [-0.2, -0.15) is 0 Å². The molecule has 0 aliphatic heterocycles. The van der Waals surface area contributed by atoms with E-state index in [0.717, 1.165) is 0 Å². The summed E-state index contributed by atoms with van der Waals surface area (Å²) in [5.74, 6) is 0.0928. The van der Waals surface area contributed by atoms with E-state index in [-0.39, 0.29) is 36.6 Å². The summed E-state index contributed by atoms with van der Waals surface area (Å²) >= 11 is 1.23. The standard InChI is InChI=1S/C22H30N4O5S/c1-15(2)12-26(21(29)16-5-7-18(31-4)8-6-16)13-20(28)25-22-24-17(14-32-22)11-19(27)23-9-10-30-3/h5-8,14-15H,9-13H2,1-4H3,(H,23,27)(H,24,25,28). The van der Waals surface area contributed by atoms with E-state index in [9.17, 15) is 14.4 Å². The Bertz CT molecular complexity index is 898. The number of benzene rings is 1. The topological polar surface area (TPSA) is 110 Å². The SMILES string of the molecule is COCCNC(=O)Cc1csc(NC(=O)CN(CC(C)C)C(=O)c2ccc(OC)cc2)n1. The van der Waals surface area contributed by atoms with Crippen molar-refractivity contribution in [2.75, 3.05) is 45.8 Å². The largest absolute Gasteiger partial charge is 0.497 e. The van der Waals surface area contributed by atoms with Gasteiger partial charge in [0.1, 0.15) is 12.3 Å². The van der Waals surface area contributed by atoms with Crippen LogP contribution in [-0.2, 0) is 20.7 Å². The molecule has 0 aliphatic carbocycles. The minimum Gasteiger partial charge on any atom is -0.497 e. The Kier molecular flexibility index (Phi) is 10.1. The van der Waals surface area contributed by atoms with E-state index in [1.165, 1.54) is 16.2 Å². The van der Waals surface area contributed by atoms with Crippen LogP contribution in [0.5, 0.6) is 5.75 Å². The van der Waals surface area contributed by atoms with Crippen LogP contribution in [0.15, 0.2) is 29.6 Å². The molecule has 1 heterocycles. The second-order valence-corrected chi connectivity index (χ2v) is 8.38. The maximum atomic E-state index is 12.9. The average molecular weight is 463 g/mol. The highest BCUT2D eigenvalue weighted by molar-refractivity contribution is 7.13. The predicted molar refractivity (Wildman–Crippen MR) is 123 cm³/mol. The van der Waals surface area contributed by atoms with Gasteiger partial charge in [0.05, 0.1) is 25.8 Å². The summed E-state index contributed by atoms with van der Waals surface area (Å²) < 4.78 is 10.0. The molecule has 32 heavy (non-hydrogen) atoms. The highest BCUT2D eigenvalue weighted by Gasteiger charge is 2.21. The van der Waals surface area contributed by atoms with E-state index in [1.807, 2.05) is 13.8 Å². The summed E-state index contributed by atoms with van der Waals surface area (Å²) in [5.41, 5.74) is 1.05. The molecule has 0 spiro atoms. The summed E-state index contributed by atoms with van der Waals surface area (Å²) in [5, 5.41) is 7.55. The number of aromatic nitrogens is 1. The normalized spacial score (nSPS) is 10.7.